The summed E-state index contributed by atoms with van der Waals surface area (Å²) in [6, 6.07) is 24.1. The SMILES string of the molecule is CCCOC(=O)c1ccc(NC(=O)/C=C/c2cccc(OCc3ccccc3)c2)cc1. The molecule has 0 radical (unpaired) electrons. The van der Waals surface area contributed by atoms with Gasteiger partial charge in [0.15, 0.2) is 0 Å². The first-order valence-electron chi connectivity index (χ1n) is 10.2. The second kappa shape index (κ2) is 11.4. The second-order valence-electron chi connectivity index (χ2n) is 6.88. The fourth-order valence-corrected chi connectivity index (χ4v) is 2.77. The Labute approximate surface area is 182 Å². The molecule has 1 N–H and O–H groups in total. The van der Waals surface area contributed by atoms with Crippen LogP contribution in [0.15, 0.2) is 84.9 Å². The Morgan fingerprint density at radius 3 is 2.45 bits per heavy atom. The lowest BCUT2D eigenvalue weighted by Crippen LogP contribution is -2.09. The number of esters is 1. The van der Waals surface area contributed by atoms with Crippen LogP contribution in [0.25, 0.3) is 6.08 Å². The van der Waals surface area contributed by atoms with Gasteiger partial charge in [-0.1, -0.05) is 49.4 Å². The summed E-state index contributed by atoms with van der Waals surface area (Å²) in [7, 11) is 0. The van der Waals surface area contributed by atoms with Crippen LogP contribution in [0.5, 0.6) is 5.75 Å². The molecular formula is C26H25NO4. The fraction of sp³-hybridized carbons (Fsp3) is 0.154. The van der Waals surface area contributed by atoms with Gasteiger partial charge in [0.1, 0.15) is 12.4 Å². The minimum atomic E-state index is -0.367. The molecule has 0 bridgehead atoms. The number of amides is 1. The van der Waals surface area contributed by atoms with Gasteiger partial charge in [0.25, 0.3) is 0 Å². The largest absolute Gasteiger partial charge is 0.489 e. The van der Waals surface area contributed by atoms with Crippen molar-refractivity contribution in [1.82, 2.24) is 0 Å². The minimum Gasteiger partial charge on any atom is -0.489 e. The average molecular weight is 415 g/mol. The maximum atomic E-state index is 12.2. The lowest BCUT2D eigenvalue weighted by atomic mass is 10.2. The molecule has 3 rings (SSSR count). The van der Waals surface area contributed by atoms with Crippen molar-refractivity contribution in [3.8, 4) is 5.75 Å². The van der Waals surface area contributed by atoms with E-state index in [4.69, 9.17) is 9.47 Å². The molecule has 0 saturated carbocycles. The third-order valence-electron chi connectivity index (χ3n) is 4.36. The first-order valence-corrected chi connectivity index (χ1v) is 10.2. The minimum absolute atomic E-state index is 0.267. The average Bonchev–Trinajstić information content (AvgIpc) is 2.81. The summed E-state index contributed by atoms with van der Waals surface area (Å²) in [6.45, 7) is 2.81. The molecule has 3 aromatic carbocycles. The predicted molar refractivity (Wildman–Crippen MR) is 122 cm³/mol. The topological polar surface area (TPSA) is 64.6 Å². The van der Waals surface area contributed by atoms with Crippen molar-refractivity contribution in [2.45, 2.75) is 20.0 Å². The number of nitrogens with one attached hydrogen (secondary N) is 1. The van der Waals surface area contributed by atoms with Gasteiger partial charge in [0.05, 0.1) is 12.2 Å². The molecule has 3 aromatic rings. The van der Waals surface area contributed by atoms with Gasteiger partial charge in [-0.15, -0.1) is 0 Å². The number of carbonyl (C=O) groups excluding carboxylic acids is 2. The molecule has 0 aliphatic carbocycles. The van der Waals surface area contributed by atoms with Gasteiger partial charge >= 0.3 is 5.97 Å². The second-order valence-corrected chi connectivity index (χ2v) is 6.88. The highest BCUT2D eigenvalue weighted by molar-refractivity contribution is 6.02. The summed E-state index contributed by atoms with van der Waals surface area (Å²) in [5, 5.41) is 2.77. The van der Waals surface area contributed by atoms with Gasteiger partial charge < -0.3 is 14.8 Å². The molecule has 0 unspecified atom stereocenters. The smallest absolute Gasteiger partial charge is 0.338 e. The first-order chi connectivity index (χ1) is 15.1. The molecule has 31 heavy (non-hydrogen) atoms. The van der Waals surface area contributed by atoms with E-state index in [9.17, 15) is 9.59 Å². The number of anilines is 1. The van der Waals surface area contributed by atoms with Crippen LogP contribution in [0.4, 0.5) is 5.69 Å². The molecule has 0 aromatic heterocycles. The van der Waals surface area contributed by atoms with Crippen LogP contribution >= 0.6 is 0 Å². The van der Waals surface area contributed by atoms with E-state index in [1.165, 1.54) is 6.08 Å². The fourth-order valence-electron chi connectivity index (χ4n) is 2.77. The maximum Gasteiger partial charge on any atom is 0.338 e. The maximum absolute atomic E-state index is 12.2. The highest BCUT2D eigenvalue weighted by atomic mass is 16.5. The van der Waals surface area contributed by atoms with E-state index in [0.717, 1.165) is 23.3 Å². The summed E-state index contributed by atoms with van der Waals surface area (Å²) < 4.78 is 10.9. The van der Waals surface area contributed by atoms with Gasteiger partial charge in [0.2, 0.25) is 5.91 Å². The van der Waals surface area contributed by atoms with E-state index < -0.39 is 0 Å². The van der Waals surface area contributed by atoms with Gasteiger partial charge in [-0.2, -0.15) is 0 Å². The van der Waals surface area contributed by atoms with Crippen molar-refractivity contribution < 1.29 is 19.1 Å². The van der Waals surface area contributed by atoms with Crippen LogP contribution < -0.4 is 10.1 Å². The number of carbonyl (C=O) groups is 2. The van der Waals surface area contributed by atoms with E-state index in [2.05, 4.69) is 5.32 Å². The van der Waals surface area contributed by atoms with E-state index in [0.29, 0.717) is 24.5 Å². The van der Waals surface area contributed by atoms with Crippen molar-refractivity contribution in [2.24, 2.45) is 0 Å². The van der Waals surface area contributed by atoms with Gasteiger partial charge in [-0.25, -0.2) is 4.79 Å². The number of hydrogen-bond donors (Lipinski definition) is 1. The zero-order chi connectivity index (χ0) is 21.9. The third kappa shape index (κ3) is 7.16. The van der Waals surface area contributed by atoms with E-state index in [1.807, 2.05) is 61.5 Å². The Bertz CT molecular complexity index is 1030. The summed E-state index contributed by atoms with van der Waals surface area (Å²) in [6.07, 6.45) is 3.95. The lowest BCUT2D eigenvalue weighted by molar-refractivity contribution is -0.111. The van der Waals surface area contributed by atoms with Gasteiger partial charge in [-0.3, -0.25) is 4.79 Å². The van der Waals surface area contributed by atoms with Crippen LogP contribution in [0.2, 0.25) is 0 Å². The number of rotatable bonds is 9. The Morgan fingerprint density at radius 2 is 1.71 bits per heavy atom. The molecule has 0 heterocycles. The first kappa shape index (κ1) is 21.8. The molecule has 5 nitrogen and oxygen atoms in total. The van der Waals surface area contributed by atoms with Crippen LogP contribution in [0.3, 0.4) is 0 Å². The normalized spacial score (nSPS) is 10.6. The Kier molecular flexibility index (Phi) is 8.00. The van der Waals surface area contributed by atoms with Crippen molar-refractivity contribution in [3.63, 3.8) is 0 Å². The summed E-state index contributed by atoms with van der Waals surface area (Å²) in [4.78, 5) is 24.0. The molecule has 5 heteroatoms. The summed E-state index contributed by atoms with van der Waals surface area (Å²) >= 11 is 0. The quantitative estimate of drug-likeness (QED) is 0.371. The predicted octanol–water partition coefficient (Wildman–Crippen LogP) is 5.48. The summed E-state index contributed by atoms with van der Waals surface area (Å²) in [5.41, 5.74) is 3.00. The standard InChI is InChI=1S/C26H25NO4/c1-2-17-30-26(29)22-12-14-23(15-13-22)27-25(28)16-11-20-9-6-10-24(18-20)31-19-21-7-4-3-5-8-21/h3-16,18H,2,17,19H2,1H3,(H,27,28)/b16-11+. The van der Waals surface area contributed by atoms with E-state index in [1.54, 1.807) is 30.3 Å². The molecule has 0 fully saturated rings. The molecule has 0 aliphatic rings. The molecular weight excluding hydrogens is 390 g/mol. The number of benzene rings is 3. The van der Waals surface area contributed by atoms with Crippen molar-refractivity contribution in [2.75, 3.05) is 11.9 Å². The molecule has 158 valence electrons. The Morgan fingerprint density at radius 1 is 0.935 bits per heavy atom. The zero-order valence-electron chi connectivity index (χ0n) is 17.4. The number of hydrogen-bond acceptors (Lipinski definition) is 4. The third-order valence-corrected chi connectivity index (χ3v) is 4.36. The molecule has 1 amide bonds. The Balaban J connectivity index is 1.53. The van der Waals surface area contributed by atoms with E-state index in [-0.39, 0.29) is 11.9 Å². The lowest BCUT2D eigenvalue weighted by Gasteiger charge is -2.07. The van der Waals surface area contributed by atoms with Crippen molar-refractivity contribution in [3.05, 3.63) is 102 Å². The zero-order valence-corrected chi connectivity index (χ0v) is 17.4. The Hall–Kier alpha value is -3.86. The van der Waals surface area contributed by atoms with Gasteiger partial charge in [-0.05, 0) is 60.0 Å². The number of ether oxygens (including phenoxy) is 2. The molecule has 0 aliphatic heterocycles. The molecule has 0 atom stereocenters. The monoisotopic (exact) mass is 415 g/mol. The van der Waals surface area contributed by atoms with Crippen LogP contribution in [0, 0.1) is 0 Å². The van der Waals surface area contributed by atoms with Crippen LogP contribution in [0.1, 0.15) is 34.8 Å². The highest BCUT2D eigenvalue weighted by Gasteiger charge is 2.07. The summed E-state index contributed by atoms with van der Waals surface area (Å²) in [5.74, 6) is 0.0999. The molecule has 0 spiro atoms. The highest BCUT2D eigenvalue weighted by Crippen LogP contribution is 2.17. The van der Waals surface area contributed by atoms with E-state index >= 15 is 0 Å². The molecule has 0 saturated heterocycles. The van der Waals surface area contributed by atoms with Crippen LogP contribution in [-0.4, -0.2) is 18.5 Å². The van der Waals surface area contributed by atoms with Crippen molar-refractivity contribution >= 4 is 23.6 Å². The van der Waals surface area contributed by atoms with Gasteiger partial charge in [0, 0.05) is 11.8 Å². The van der Waals surface area contributed by atoms with Crippen molar-refractivity contribution in [1.29, 1.82) is 0 Å². The van der Waals surface area contributed by atoms with Crippen LogP contribution in [-0.2, 0) is 16.1 Å².